The van der Waals surface area contributed by atoms with Gasteiger partial charge in [-0.25, -0.2) is 0 Å². The average Bonchev–Trinajstić information content (AvgIpc) is 2.96. The quantitative estimate of drug-likeness (QED) is 0.876. The molecule has 2 amide bonds. The van der Waals surface area contributed by atoms with Crippen LogP contribution in [0, 0.1) is 19.8 Å². The van der Waals surface area contributed by atoms with Gasteiger partial charge in [0, 0.05) is 12.6 Å². The van der Waals surface area contributed by atoms with Gasteiger partial charge in [0.05, 0.1) is 6.54 Å². The summed E-state index contributed by atoms with van der Waals surface area (Å²) in [6.45, 7) is 7.96. The van der Waals surface area contributed by atoms with Crippen LogP contribution in [0.1, 0.15) is 41.3 Å². The number of hydrogen-bond donors (Lipinski definition) is 1. The van der Waals surface area contributed by atoms with Crippen LogP contribution in [-0.4, -0.2) is 29.8 Å². The molecule has 0 fully saturated rings. The molecule has 2 rings (SSSR count). The highest BCUT2D eigenvalue weighted by atomic mass is 16.3. The van der Waals surface area contributed by atoms with Crippen LogP contribution in [0.15, 0.2) is 40.8 Å². The lowest BCUT2D eigenvalue weighted by molar-refractivity contribution is -0.133. The minimum Gasteiger partial charge on any atom is -0.464 e. The van der Waals surface area contributed by atoms with Crippen molar-refractivity contribution in [2.24, 2.45) is 5.92 Å². The molecule has 0 bridgehead atoms. The van der Waals surface area contributed by atoms with Gasteiger partial charge < -0.3 is 14.6 Å². The van der Waals surface area contributed by atoms with E-state index < -0.39 is 6.04 Å². The third-order valence-electron chi connectivity index (χ3n) is 4.17. The highest BCUT2D eigenvalue weighted by molar-refractivity contribution is 5.98. The molecular weight excluding hydrogens is 316 g/mol. The highest BCUT2D eigenvalue weighted by Gasteiger charge is 2.28. The van der Waals surface area contributed by atoms with Gasteiger partial charge in [0.1, 0.15) is 17.6 Å². The summed E-state index contributed by atoms with van der Waals surface area (Å²) in [7, 11) is 1.72. The molecule has 1 aromatic heterocycles. The predicted molar refractivity (Wildman–Crippen MR) is 97.2 cm³/mol. The smallest absolute Gasteiger partial charge is 0.252 e. The van der Waals surface area contributed by atoms with E-state index in [4.69, 9.17) is 4.42 Å². The zero-order chi connectivity index (χ0) is 18.6. The van der Waals surface area contributed by atoms with Crippen LogP contribution in [0.2, 0.25) is 0 Å². The SMILES string of the molecule is Cc1ccc(CN(C)C(=O)C(NC(=O)c2ccccc2C)C(C)C)o1. The van der Waals surface area contributed by atoms with Crippen LogP contribution in [0.5, 0.6) is 0 Å². The number of furan rings is 1. The normalized spacial score (nSPS) is 12.1. The molecule has 1 aromatic carbocycles. The largest absolute Gasteiger partial charge is 0.464 e. The van der Waals surface area contributed by atoms with Gasteiger partial charge in [0.15, 0.2) is 0 Å². The van der Waals surface area contributed by atoms with E-state index in [0.29, 0.717) is 12.1 Å². The lowest BCUT2D eigenvalue weighted by Gasteiger charge is -2.27. The molecule has 0 saturated heterocycles. The molecule has 5 heteroatoms. The molecule has 1 unspecified atom stereocenters. The molecule has 2 aromatic rings. The Morgan fingerprint density at radius 3 is 2.36 bits per heavy atom. The number of amides is 2. The summed E-state index contributed by atoms with van der Waals surface area (Å²) < 4.78 is 5.53. The first-order chi connectivity index (χ1) is 11.8. The van der Waals surface area contributed by atoms with E-state index in [1.807, 2.05) is 58.0 Å². The van der Waals surface area contributed by atoms with Gasteiger partial charge in [-0.05, 0) is 43.5 Å². The maximum absolute atomic E-state index is 12.8. The van der Waals surface area contributed by atoms with Crippen molar-refractivity contribution in [3.05, 3.63) is 59.0 Å². The fourth-order valence-corrected chi connectivity index (χ4v) is 2.68. The molecule has 0 aliphatic rings. The number of rotatable bonds is 6. The van der Waals surface area contributed by atoms with E-state index in [2.05, 4.69) is 5.32 Å². The summed E-state index contributed by atoms with van der Waals surface area (Å²) in [6.07, 6.45) is 0. The van der Waals surface area contributed by atoms with E-state index >= 15 is 0 Å². The number of hydrogen-bond acceptors (Lipinski definition) is 3. The Morgan fingerprint density at radius 1 is 1.12 bits per heavy atom. The molecule has 0 spiro atoms. The van der Waals surface area contributed by atoms with Crippen molar-refractivity contribution in [2.75, 3.05) is 7.05 Å². The maximum atomic E-state index is 12.8. The van der Waals surface area contributed by atoms with Crippen molar-refractivity contribution in [3.63, 3.8) is 0 Å². The number of carbonyl (C=O) groups excluding carboxylic acids is 2. The minimum absolute atomic E-state index is 0.0266. The van der Waals surface area contributed by atoms with Crippen molar-refractivity contribution in [1.29, 1.82) is 0 Å². The molecule has 0 aliphatic heterocycles. The minimum atomic E-state index is -0.590. The van der Waals surface area contributed by atoms with Gasteiger partial charge in [0.25, 0.3) is 5.91 Å². The van der Waals surface area contributed by atoms with Crippen LogP contribution in [0.3, 0.4) is 0 Å². The topological polar surface area (TPSA) is 62.6 Å². The van der Waals surface area contributed by atoms with Gasteiger partial charge in [-0.3, -0.25) is 9.59 Å². The number of carbonyl (C=O) groups is 2. The van der Waals surface area contributed by atoms with Crippen molar-refractivity contribution in [2.45, 2.75) is 40.3 Å². The molecule has 1 N–H and O–H groups in total. The molecule has 25 heavy (non-hydrogen) atoms. The van der Waals surface area contributed by atoms with E-state index in [0.717, 1.165) is 17.1 Å². The lowest BCUT2D eigenvalue weighted by Crippen LogP contribution is -2.50. The number of likely N-dealkylation sites (N-methyl/N-ethyl adjacent to an activating group) is 1. The summed E-state index contributed by atoms with van der Waals surface area (Å²) in [5.41, 5.74) is 1.47. The van der Waals surface area contributed by atoms with Crippen LogP contribution < -0.4 is 5.32 Å². The lowest BCUT2D eigenvalue weighted by atomic mass is 10.0. The van der Waals surface area contributed by atoms with Gasteiger partial charge in [-0.2, -0.15) is 0 Å². The third kappa shape index (κ3) is 4.72. The average molecular weight is 342 g/mol. The van der Waals surface area contributed by atoms with E-state index in [1.165, 1.54) is 0 Å². The summed E-state index contributed by atoms with van der Waals surface area (Å²) in [5, 5.41) is 2.88. The maximum Gasteiger partial charge on any atom is 0.252 e. The van der Waals surface area contributed by atoms with Gasteiger partial charge in [-0.15, -0.1) is 0 Å². The second-order valence-corrected chi connectivity index (χ2v) is 6.72. The first kappa shape index (κ1) is 18.8. The second kappa shape index (κ2) is 8.01. The Labute approximate surface area is 149 Å². The Bertz CT molecular complexity index is 749. The predicted octanol–water partition coefficient (Wildman–Crippen LogP) is 3.31. The van der Waals surface area contributed by atoms with Crippen LogP contribution >= 0.6 is 0 Å². The van der Waals surface area contributed by atoms with Crippen molar-refractivity contribution >= 4 is 11.8 Å². The molecule has 0 aliphatic carbocycles. The molecule has 0 saturated carbocycles. The standard InChI is InChI=1S/C20H26N2O3/c1-13(2)18(21-19(23)17-9-7-6-8-14(17)3)20(24)22(5)12-16-11-10-15(4)25-16/h6-11,13,18H,12H2,1-5H3,(H,21,23). The third-order valence-corrected chi connectivity index (χ3v) is 4.17. The van der Waals surface area contributed by atoms with Gasteiger partial charge >= 0.3 is 0 Å². The van der Waals surface area contributed by atoms with Crippen LogP contribution in [-0.2, 0) is 11.3 Å². The summed E-state index contributed by atoms with van der Waals surface area (Å²) >= 11 is 0. The molecule has 134 valence electrons. The van der Waals surface area contributed by atoms with Crippen LogP contribution in [0.25, 0.3) is 0 Å². The van der Waals surface area contributed by atoms with Crippen molar-refractivity contribution < 1.29 is 14.0 Å². The monoisotopic (exact) mass is 342 g/mol. The highest BCUT2D eigenvalue weighted by Crippen LogP contribution is 2.13. The van der Waals surface area contributed by atoms with Crippen molar-refractivity contribution in [1.82, 2.24) is 10.2 Å². The Balaban J connectivity index is 2.10. The van der Waals surface area contributed by atoms with Crippen LogP contribution in [0.4, 0.5) is 0 Å². The zero-order valence-electron chi connectivity index (χ0n) is 15.5. The summed E-state index contributed by atoms with van der Waals surface area (Å²) in [6, 6.07) is 10.5. The second-order valence-electron chi connectivity index (χ2n) is 6.72. The number of nitrogens with zero attached hydrogens (tertiary/aromatic N) is 1. The molecule has 1 atom stereocenters. The Hall–Kier alpha value is -2.56. The van der Waals surface area contributed by atoms with Gasteiger partial charge in [-0.1, -0.05) is 32.0 Å². The van der Waals surface area contributed by atoms with E-state index in [9.17, 15) is 9.59 Å². The first-order valence-electron chi connectivity index (χ1n) is 8.46. The van der Waals surface area contributed by atoms with Crippen molar-refractivity contribution in [3.8, 4) is 0 Å². The summed E-state index contributed by atoms with van der Waals surface area (Å²) in [4.78, 5) is 27.0. The Morgan fingerprint density at radius 2 is 1.80 bits per heavy atom. The molecule has 0 radical (unpaired) electrons. The van der Waals surface area contributed by atoms with Gasteiger partial charge in [0.2, 0.25) is 5.91 Å². The fraction of sp³-hybridized carbons (Fsp3) is 0.400. The summed E-state index contributed by atoms with van der Waals surface area (Å²) in [5.74, 6) is 1.14. The molecular formula is C20H26N2O3. The zero-order valence-corrected chi connectivity index (χ0v) is 15.5. The fourth-order valence-electron chi connectivity index (χ4n) is 2.68. The number of nitrogens with one attached hydrogen (secondary N) is 1. The number of aryl methyl sites for hydroxylation is 2. The molecule has 1 heterocycles. The number of benzene rings is 1. The van der Waals surface area contributed by atoms with E-state index in [1.54, 1.807) is 18.0 Å². The molecule has 5 nitrogen and oxygen atoms in total. The first-order valence-corrected chi connectivity index (χ1v) is 8.46. The van der Waals surface area contributed by atoms with E-state index in [-0.39, 0.29) is 17.7 Å². The Kier molecular flexibility index (Phi) is 6.02.